The van der Waals surface area contributed by atoms with Crippen LogP contribution in [-0.2, 0) is 22.4 Å². The first-order valence-corrected chi connectivity index (χ1v) is 11.1. The van der Waals surface area contributed by atoms with Crippen molar-refractivity contribution < 1.29 is 14.3 Å². The molecule has 0 N–H and O–H groups in total. The lowest BCUT2D eigenvalue weighted by Gasteiger charge is -2.32. The third kappa shape index (κ3) is 6.33. The van der Waals surface area contributed by atoms with E-state index in [1.165, 1.54) is 0 Å². The molecule has 1 amide bonds. The van der Waals surface area contributed by atoms with Gasteiger partial charge in [0, 0.05) is 45.3 Å². The molecule has 1 aromatic rings. The van der Waals surface area contributed by atoms with Gasteiger partial charge in [0.25, 0.3) is 0 Å². The van der Waals surface area contributed by atoms with E-state index >= 15 is 0 Å². The summed E-state index contributed by atoms with van der Waals surface area (Å²) in [5.41, 5.74) is 1.56. The van der Waals surface area contributed by atoms with Crippen molar-refractivity contribution in [1.82, 2.24) is 14.9 Å². The molecule has 2 aliphatic heterocycles. The number of hydrogen-bond acceptors (Lipinski definition) is 5. The number of likely N-dealkylation sites (tertiary alicyclic amines) is 1. The third-order valence-corrected chi connectivity index (χ3v) is 6.14. The van der Waals surface area contributed by atoms with Crippen molar-refractivity contribution in [3.63, 3.8) is 0 Å². The molecule has 0 saturated carbocycles. The van der Waals surface area contributed by atoms with Gasteiger partial charge in [-0.2, -0.15) is 0 Å². The number of hydrogen-bond donors (Lipinski definition) is 0. The number of rotatable bonds is 7. The number of Topliss-reactive ketones (excluding diaryl/α,β-unsaturated/α-hetero) is 1. The summed E-state index contributed by atoms with van der Waals surface area (Å²) >= 11 is 0. The van der Waals surface area contributed by atoms with Crippen molar-refractivity contribution in [1.29, 1.82) is 0 Å². The molecular formula is C23H35N3O3. The van der Waals surface area contributed by atoms with E-state index in [0.29, 0.717) is 29.7 Å². The molecule has 3 rings (SSSR count). The standard InChI is InChI=1S/C23H35N3O3/c1-16(2)12-23(28)26-8-4-18(5-9-26)14-22-24-15-20(17(3)27)21(25-22)13-19-6-10-29-11-7-19/h15-16,18-19H,4-14H2,1-3H3. The maximum atomic E-state index is 12.3. The van der Waals surface area contributed by atoms with Crippen LogP contribution in [0.5, 0.6) is 0 Å². The number of nitrogens with zero attached hydrogens (tertiary/aromatic N) is 3. The maximum Gasteiger partial charge on any atom is 0.222 e. The third-order valence-electron chi connectivity index (χ3n) is 6.14. The second kappa shape index (κ2) is 10.3. The molecule has 3 heterocycles. The molecule has 0 spiro atoms. The molecule has 0 radical (unpaired) electrons. The summed E-state index contributed by atoms with van der Waals surface area (Å²) < 4.78 is 5.46. The Kier molecular flexibility index (Phi) is 7.76. The van der Waals surface area contributed by atoms with Crippen LogP contribution in [0.15, 0.2) is 6.20 Å². The predicted molar refractivity (Wildman–Crippen MR) is 112 cm³/mol. The van der Waals surface area contributed by atoms with Gasteiger partial charge in [0.1, 0.15) is 5.82 Å². The quantitative estimate of drug-likeness (QED) is 0.654. The van der Waals surface area contributed by atoms with Gasteiger partial charge in [0.2, 0.25) is 5.91 Å². The highest BCUT2D eigenvalue weighted by Gasteiger charge is 2.25. The Morgan fingerprint density at radius 2 is 1.76 bits per heavy atom. The molecule has 0 unspecified atom stereocenters. The van der Waals surface area contributed by atoms with Crippen LogP contribution in [0.25, 0.3) is 0 Å². The van der Waals surface area contributed by atoms with Crippen LogP contribution in [0.3, 0.4) is 0 Å². The lowest BCUT2D eigenvalue weighted by molar-refractivity contribution is -0.133. The van der Waals surface area contributed by atoms with Crippen LogP contribution >= 0.6 is 0 Å². The van der Waals surface area contributed by atoms with Gasteiger partial charge in [-0.05, 0) is 56.8 Å². The molecule has 2 fully saturated rings. The molecule has 0 bridgehead atoms. The van der Waals surface area contributed by atoms with Crippen LogP contribution in [-0.4, -0.2) is 52.9 Å². The zero-order chi connectivity index (χ0) is 20.8. The van der Waals surface area contributed by atoms with Gasteiger partial charge in [-0.3, -0.25) is 9.59 Å². The monoisotopic (exact) mass is 401 g/mol. The lowest BCUT2D eigenvalue weighted by Crippen LogP contribution is -2.39. The topological polar surface area (TPSA) is 72.4 Å². The van der Waals surface area contributed by atoms with Crippen molar-refractivity contribution in [2.45, 2.75) is 65.7 Å². The highest BCUT2D eigenvalue weighted by atomic mass is 16.5. The number of amides is 1. The van der Waals surface area contributed by atoms with Gasteiger partial charge >= 0.3 is 0 Å². The van der Waals surface area contributed by atoms with E-state index in [2.05, 4.69) is 18.8 Å². The summed E-state index contributed by atoms with van der Waals surface area (Å²) in [6.45, 7) is 9.02. The first-order valence-electron chi connectivity index (χ1n) is 11.1. The van der Waals surface area contributed by atoms with Gasteiger partial charge in [-0.15, -0.1) is 0 Å². The fourth-order valence-electron chi connectivity index (χ4n) is 4.35. The Bertz CT molecular complexity index is 705. The smallest absolute Gasteiger partial charge is 0.222 e. The summed E-state index contributed by atoms with van der Waals surface area (Å²) in [6.07, 6.45) is 8.06. The van der Waals surface area contributed by atoms with Gasteiger partial charge in [0.15, 0.2) is 5.78 Å². The summed E-state index contributed by atoms with van der Waals surface area (Å²) in [7, 11) is 0. The van der Waals surface area contributed by atoms with E-state index in [4.69, 9.17) is 9.72 Å². The van der Waals surface area contributed by atoms with Crippen molar-refractivity contribution in [2.24, 2.45) is 17.8 Å². The Hall–Kier alpha value is -1.82. The van der Waals surface area contributed by atoms with Crippen molar-refractivity contribution >= 4 is 11.7 Å². The van der Waals surface area contributed by atoms with Crippen molar-refractivity contribution in [3.05, 3.63) is 23.3 Å². The minimum absolute atomic E-state index is 0.0376. The summed E-state index contributed by atoms with van der Waals surface area (Å²) in [5.74, 6) is 2.58. The number of piperidine rings is 1. The fourth-order valence-corrected chi connectivity index (χ4v) is 4.35. The molecule has 2 saturated heterocycles. The summed E-state index contributed by atoms with van der Waals surface area (Å²) in [4.78, 5) is 35.6. The first kappa shape index (κ1) is 21.9. The Morgan fingerprint density at radius 3 is 2.38 bits per heavy atom. The minimum atomic E-state index is 0.0376. The van der Waals surface area contributed by atoms with Gasteiger partial charge < -0.3 is 9.64 Å². The van der Waals surface area contributed by atoms with Gasteiger partial charge in [0.05, 0.1) is 11.3 Å². The molecule has 6 heteroatoms. The van der Waals surface area contributed by atoms with Crippen LogP contribution in [0, 0.1) is 17.8 Å². The van der Waals surface area contributed by atoms with E-state index in [0.717, 1.165) is 76.3 Å². The Balaban J connectivity index is 1.60. The second-order valence-corrected chi connectivity index (χ2v) is 9.09. The zero-order valence-electron chi connectivity index (χ0n) is 18.2. The number of carbonyl (C=O) groups excluding carboxylic acids is 2. The molecular weight excluding hydrogens is 366 g/mol. The van der Waals surface area contributed by atoms with Crippen LogP contribution in [0.1, 0.15) is 74.8 Å². The lowest BCUT2D eigenvalue weighted by atomic mass is 9.91. The van der Waals surface area contributed by atoms with E-state index in [1.807, 2.05) is 4.90 Å². The number of ketones is 1. The molecule has 0 aliphatic carbocycles. The zero-order valence-corrected chi connectivity index (χ0v) is 18.2. The van der Waals surface area contributed by atoms with Gasteiger partial charge in [-0.1, -0.05) is 13.8 Å². The first-order chi connectivity index (χ1) is 13.9. The van der Waals surface area contributed by atoms with Gasteiger partial charge in [-0.25, -0.2) is 9.97 Å². The molecule has 6 nitrogen and oxygen atoms in total. The van der Waals surface area contributed by atoms with Crippen molar-refractivity contribution in [3.8, 4) is 0 Å². The van der Waals surface area contributed by atoms with E-state index in [-0.39, 0.29) is 11.7 Å². The molecule has 0 atom stereocenters. The molecule has 160 valence electrons. The second-order valence-electron chi connectivity index (χ2n) is 9.09. The molecule has 1 aromatic heterocycles. The molecule has 0 aromatic carbocycles. The Morgan fingerprint density at radius 1 is 1.10 bits per heavy atom. The van der Waals surface area contributed by atoms with E-state index in [9.17, 15) is 9.59 Å². The SMILES string of the molecule is CC(=O)c1cnc(CC2CCN(C(=O)CC(C)C)CC2)nc1CC1CCOCC1. The number of aromatic nitrogens is 2. The summed E-state index contributed by atoms with van der Waals surface area (Å²) in [6, 6.07) is 0. The molecule has 29 heavy (non-hydrogen) atoms. The maximum absolute atomic E-state index is 12.3. The molecule has 2 aliphatic rings. The highest BCUT2D eigenvalue weighted by Crippen LogP contribution is 2.24. The fraction of sp³-hybridized carbons (Fsp3) is 0.739. The average molecular weight is 402 g/mol. The number of ether oxygens (including phenoxy) is 1. The Labute approximate surface area is 174 Å². The van der Waals surface area contributed by atoms with E-state index < -0.39 is 0 Å². The van der Waals surface area contributed by atoms with Crippen LogP contribution in [0.2, 0.25) is 0 Å². The highest BCUT2D eigenvalue weighted by molar-refractivity contribution is 5.94. The summed E-state index contributed by atoms with van der Waals surface area (Å²) in [5, 5.41) is 0. The van der Waals surface area contributed by atoms with Crippen LogP contribution < -0.4 is 0 Å². The van der Waals surface area contributed by atoms with Crippen molar-refractivity contribution in [2.75, 3.05) is 26.3 Å². The van der Waals surface area contributed by atoms with E-state index in [1.54, 1.807) is 13.1 Å². The number of carbonyl (C=O) groups is 2. The normalized spacial score (nSPS) is 19.0. The predicted octanol–water partition coefficient (Wildman–Crippen LogP) is 3.48. The largest absolute Gasteiger partial charge is 0.381 e. The average Bonchev–Trinajstić information content (AvgIpc) is 2.69. The van der Waals surface area contributed by atoms with Crippen LogP contribution in [0.4, 0.5) is 0 Å². The minimum Gasteiger partial charge on any atom is -0.381 e.